The number of aliphatic hydroxyl groups is 1. The number of aliphatic hydroxyl groups excluding tert-OH is 1. The van der Waals surface area contributed by atoms with Crippen molar-refractivity contribution < 1.29 is 67.1 Å². The number of ketones is 2. The van der Waals surface area contributed by atoms with Gasteiger partial charge in [-0.1, -0.05) is 136 Å². The molecule has 1 fully saturated rings. The van der Waals surface area contributed by atoms with Gasteiger partial charge in [-0.05, 0) is 119 Å². The lowest BCUT2D eigenvalue weighted by molar-refractivity contribution is -0.144. The highest BCUT2D eigenvalue weighted by Gasteiger charge is 2.46. The number of carbonyl (C=O) groups excluding carboxylic acids is 7. The van der Waals surface area contributed by atoms with Crippen LogP contribution in [0.25, 0.3) is 21.6 Å². The van der Waals surface area contributed by atoms with Crippen LogP contribution in [0.5, 0.6) is 0 Å². The maximum atomic E-state index is 14.6. The zero-order valence-electron chi connectivity index (χ0n) is 56.3. The van der Waals surface area contributed by atoms with Gasteiger partial charge in [-0.2, -0.15) is 0 Å². The minimum atomic E-state index is -0.956. The number of nitrogens with two attached hydrogens (primary N) is 1. The van der Waals surface area contributed by atoms with Crippen molar-refractivity contribution in [1.29, 1.82) is 0 Å². The molecule has 0 unspecified atom stereocenters. The molecule has 0 radical (unpaired) electrons. The molecule has 0 spiro atoms. The number of aromatic nitrogens is 1. The third-order valence-corrected chi connectivity index (χ3v) is 19.9. The first-order valence-corrected chi connectivity index (χ1v) is 34.9. The largest absolute Gasteiger partial charge is 0.449 e. The van der Waals surface area contributed by atoms with E-state index in [1.165, 1.54) is 4.90 Å². The molecule has 1 saturated heterocycles. The molecule has 5 N–H and O–H groups in total. The molecular weight excluding hydrogens is 1250 g/mol. The lowest BCUT2D eigenvalue weighted by Crippen LogP contribution is -2.57. The summed E-state index contributed by atoms with van der Waals surface area (Å²) in [5.74, 6) is -2.53. The topological polar surface area (TPSA) is 265 Å². The van der Waals surface area contributed by atoms with E-state index < -0.39 is 65.6 Å². The van der Waals surface area contributed by atoms with Gasteiger partial charge >= 0.3 is 6.09 Å². The second-order valence-electron chi connectivity index (χ2n) is 26.9. The van der Waals surface area contributed by atoms with Crippen LogP contribution in [-0.2, 0) is 89.5 Å². The number of alkyl carbamates (subject to hydrolysis) is 1. The third kappa shape index (κ3) is 18.8. The maximum absolute atomic E-state index is 14.6. The minimum Gasteiger partial charge on any atom is -0.449 e. The number of fused-ring (bicyclic) bond motifs is 3. The lowest BCUT2D eigenvalue weighted by atomic mass is 9.85. The zero-order valence-corrected chi connectivity index (χ0v) is 57.1. The number of ether oxygens (including phenoxy) is 6. The number of likely N-dealkylation sites (tertiary alicyclic amines) is 1. The van der Waals surface area contributed by atoms with Crippen molar-refractivity contribution in [3.8, 4) is 21.6 Å². The number of aryl methyl sites for hydroxylation is 4. The Morgan fingerprint density at radius 2 is 1.37 bits per heavy atom. The van der Waals surface area contributed by atoms with Gasteiger partial charge in [0.1, 0.15) is 25.3 Å². The Morgan fingerprint density at radius 1 is 0.742 bits per heavy atom. The number of nitrogens with one attached hydrogen (secondary N) is 2. The van der Waals surface area contributed by atoms with E-state index in [-0.39, 0.29) is 94.6 Å². The fraction of sp³-hybridized carbons (Fsp3) is 0.474. The summed E-state index contributed by atoms with van der Waals surface area (Å²) in [6.07, 6.45) is 2.15. The lowest BCUT2D eigenvalue weighted by Gasteiger charge is -2.35. The van der Waals surface area contributed by atoms with Gasteiger partial charge in [-0.3, -0.25) is 33.7 Å². The number of amides is 5. The summed E-state index contributed by atoms with van der Waals surface area (Å²) < 4.78 is 35.0. The van der Waals surface area contributed by atoms with Gasteiger partial charge in [0.15, 0.2) is 11.6 Å². The van der Waals surface area contributed by atoms with Crippen molar-refractivity contribution in [1.82, 2.24) is 20.5 Å². The number of hydrogen-bond acceptors (Lipinski definition) is 16. The summed E-state index contributed by atoms with van der Waals surface area (Å²) in [4.78, 5) is 104. The number of nitrogens with zero attached hydrogens (tertiary/aromatic N) is 3. The van der Waals surface area contributed by atoms with Gasteiger partial charge in [0.05, 0.1) is 92.3 Å². The van der Waals surface area contributed by atoms with Crippen molar-refractivity contribution in [3.05, 3.63) is 165 Å². The normalized spacial score (nSPS) is 18.2. The first kappa shape index (κ1) is 71.7. The number of Topliss-reactive ketones (excluding diaryl/α,β-unsaturated/α-hetero) is 2. The number of benzene rings is 5. The second kappa shape index (κ2) is 34.0. The van der Waals surface area contributed by atoms with E-state index in [0.29, 0.717) is 65.1 Å². The molecular formula is C76H92N6O14S. The molecule has 21 heteroatoms. The molecule has 1 aromatic heterocycles. The number of carbonyl (C=O) groups is 7. The van der Waals surface area contributed by atoms with Gasteiger partial charge in [0.25, 0.3) is 0 Å². The highest BCUT2D eigenvalue weighted by molar-refractivity contribution is 7.13. The van der Waals surface area contributed by atoms with E-state index in [1.807, 2.05) is 119 Å². The van der Waals surface area contributed by atoms with Crippen LogP contribution in [-0.4, -0.2) is 159 Å². The molecule has 7 atom stereocenters. The first-order chi connectivity index (χ1) is 46.8. The molecule has 0 saturated carbocycles. The molecule has 4 heterocycles. The number of thiazole rings is 1. The molecule has 4 aliphatic rings. The van der Waals surface area contributed by atoms with Crippen LogP contribution < -0.4 is 21.3 Å². The SMILES string of the molecule is Cc1ncsc1-c1ccc(CCC(=O)[C@@H]2C[C@@H](O)CN2C(=O)[C@@H](NC(=O)COCCOCCOCCOCCCc2ccc(CO[C@H](C)[C@H](CCC(N)=O)CC(=O)[C@@H]3Cc4cccc5c4N3C(=O)[C@@H](NC(=O)OCC3c4ccccc4-c4ccccc43)CC5)cc2)C(C)(C)C)cc1. The van der Waals surface area contributed by atoms with Crippen LogP contribution in [0.15, 0.2) is 121 Å². The predicted octanol–water partition coefficient (Wildman–Crippen LogP) is 9.37. The van der Waals surface area contributed by atoms with Crippen LogP contribution in [0.1, 0.15) is 123 Å². The fourth-order valence-corrected chi connectivity index (χ4v) is 14.4. The molecule has 0 bridgehead atoms. The van der Waals surface area contributed by atoms with Crippen molar-refractivity contribution in [2.45, 2.75) is 154 Å². The van der Waals surface area contributed by atoms with E-state index in [2.05, 4.69) is 52.0 Å². The van der Waals surface area contributed by atoms with Gasteiger partial charge in [0.2, 0.25) is 23.6 Å². The minimum absolute atomic E-state index is 0.00935. The smallest absolute Gasteiger partial charge is 0.407 e. The fourth-order valence-electron chi connectivity index (χ4n) is 13.6. The highest BCUT2D eigenvalue weighted by atomic mass is 32.1. The molecule has 5 aromatic carbocycles. The number of β-amino-alcohol motifs (C(OH)–C–C–N with tert-alkyl or cyclic N) is 1. The van der Waals surface area contributed by atoms with Crippen LogP contribution in [0, 0.1) is 18.3 Å². The van der Waals surface area contributed by atoms with Gasteiger partial charge in [-0.25, -0.2) is 9.78 Å². The van der Waals surface area contributed by atoms with Crippen LogP contribution >= 0.6 is 11.3 Å². The van der Waals surface area contributed by atoms with E-state index in [9.17, 15) is 38.7 Å². The predicted molar refractivity (Wildman–Crippen MR) is 369 cm³/mol. The molecule has 20 nitrogen and oxygen atoms in total. The van der Waals surface area contributed by atoms with Crippen molar-refractivity contribution in [2.75, 3.05) is 70.9 Å². The number of anilines is 1. The quantitative estimate of drug-likeness (QED) is 0.0270. The second-order valence-corrected chi connectivity index (χ2v) is 27.7. The highest BCUT2D eigenvalue weighted by Crippen LogP contribution is 2.45. The molecule has 1 aliphatic carbocycles. The van der Waals surface area contributed by atoms with Crippen molar-refractivity contribution in [2.24, 2.45) is 17.1 Å². The van der Waals surface area contributed by atoms with E-state index in [4.69, 9.17) is 34.2 Å². The molecule has 10 rings (SSSR count). The van der Waals surface area contributed by atoms with Gasteiger partial charge in [0, 0.05) is 51.2 Å². The average Bonchev–Trinajstić information content (AvgIpc) is 1.66. The molecule has 5 amide bonds. The van der Waals surface area contributed by atoms with Crippen LogP contribution in [0.2, 0.25) is 0 Å². The summed E-state index contributed by atoms with van der Waals surface area (Å²) in [7, 11) is 0. The Kier molecular flexibility index (Phi) is 25.1. The van der Waals surface area contributed by atoms with Crippen molar-refractivity contribution in [3.63, 3.8) is 0 Å². The maximum Gasteiger partial charge on any atom is 0.407 e. The standard InChI is InChI=1S/C76H92N6O14S/c1-48-71(97-47-78-48)54-26-23-51(24-27-54)25-31-66(84)64-42-57(83)43-81(64)74(89)72(76(3,4)5)80-69(87)46-94-39-38-93-37-36-92-35-34-91-33-11-12-50-19-21-52(22-20-50)44-95-49(2)55(29-32-68(77)86)41-67(85)65-40-56-14-10-13-53-28-30-63(73(88)82(65)70(53)56)79-75(90)96-45-62-60-17-8-6-15-58(60)59-16-7-9-18-61(59)62/h6-10,13-24,26-27,47,49,55,57,62-65,72,83H,11-12,25,28-46H2,1-5H3,(H2,77,86)(H,79,90)(H,80,87)/t49-,55-,57-,63+,64+,65+,72-/m1/s1. The summed E-state index contributed by atoms with van der Waals surface area (Å²) in [5.41, 5.74) is 18.9. The summed E-state index contributed by atoms with van der Waals surface area (Å²) in [6, 6.07) is 34.8. The van der Waals surface area contributed by atoms with Gasteiger partial charge < -0.3 is 54.8 Å². The van der Waals surface area contributed by atoms with E-state index >= 15 is 0 Å². The molecule has 516 valence electrons. The average molecular weight is 1350 g/mol. The Hall–Kier alpha value is -8.02. The van der Waals surface area contributed by atoms with Gasteiger partial charge in [-0.15, -0.1) is 11.3 Å². The molecule has 3 aliphatic heterocycles. The monoisotopic (exact) mass is 1340 g/mol. The van der Waals surface area contributed by atoms with E-state index in [0.717, 1.165) is 84.7 Å². The number of rotatable bonds is 35. The summed E-state index contributed by atoms with van der Waals surface area (Å²) >= 11 is 1.58. The summed E-state index contributed by atoms with van der Waals surface area (Å²) in [5, 5.41) is 16.3. The Balaban J connectivity index is 0.582. The Bertz CT molecular complexity index is 3660. The number of hydrogen-bond donors (Lipinski definition) is 4. The van der Waals surface area contributed by atoms with Crippen LogP contribution in [0.3, 0.4) is 0 Å². The van der Waals surface area contributed by atoms with Crippen LogP contribution in [0.4, 0.5) is 10.5 Å². The molecule has 6 aromatic rings. The van der Waals surface area contributed by atoms with E-state index in [1.54, 1.807) is 16.2 Å². The molecule has 97 heavy (non-hydrogen) atoms. The first-order valence-electron chi connectivity index (χ1n) is 34.0. The number of primary amides is 1. The number of para-hydroxylation sites is 1. The zero-order chi connectivity index (χ0) is 68.6. The third-order valence-electron chi connectivity index (χ3n) is 18.9. The summed E-state index contributed by atoms with van der Waals surface area (Å²) in [6.45, 7) is 11.9. The Morgan fingerprint density at radius 3 is 2.03 bits per heavy atom. The Labute approximate surface area is 572 Å². The van der Waals surface area contributed by atoms with Crippen molar-refractivity contribution >= 4 is 58.3 Å².